The summed E-state index contributed by atoms with van der Waals surface area (Å²) < 4.78 is 5.06. The van der Waals surface area contributed by atoms with Crippen LogP contribution in [0, 0.1) is 0 Å². The number of rotatable bonds is 4. The zero-order valence-electron chi connectivity index (χ0n) is 9.46. The van der Waals surface area contributed by atoms with Crippen LogP contribution in [0.2, 0.25) is 0 Å². The Morgan fingerprint density at radius 3 is 2.76 bits per heavy atom. The van der Waals surface area contributed by atoms with E-state index in [9.17, 15) is 4.79 Å². The highest BCUT2D eigenvalue weighted by atomic mass is 16.5. The van der Waals surface area contributed by atoms with Gasteiger partial charge in [0.15, 0.2) is 0 Å². The molecule has 1 unspecified atom stereocenters. The van der Waals surface area contributed by atoms with Crippen molar-refractivity contribution in [2.75, 3.05) is 6.61 Å². The van der Waals surface area contributed by atoms with Gasteiger partial charge in [-0.2, -0.15) is 5.10 Å². The van der Waals surface area contributed by atoms with Gasteiger partial charge >= 0.3 is 5.97 Å². The second-order valence-electron chi connectivity index (χ2n) is 3.47. The first kappa shape index (κ1) is 11.3. The molecular formula is C12H13N3O2. The van der Waals surface area contributed by atoms with Gasteiger partial charge in [0, 0.05) is 0 Å². The third-order valence-corrected chi connectivity index (χ3v) is 2.36. The molecule has 0 bridgehead atoms. The number of benzene rings is 1. The maximum atomic E-state index is 11.9. The standard InChI is InChI=1S/C12H13N3O2/c1-2-17-12(16)10(11-13-8-14-15-11)9-6-4-3-5-7-9/h3-8,10H,2H2,1H3,(H,13,14,15). The fraction of sp³-hybridized carbons (Fsp3) is 0.250. The van der Waals surface area contributed by atoms with E-state index in [0.717, 1.165) is 5.56 Å². The number of carbonyl (C=O) groups is 1. The molecular weight excluding hydrogens is 218 g/mol. The summed E-state index contributed by atoms with van der Waals surface area (Å²) in [5, 5.41) is 6.48. The molecule has 0 aliphatic carbocycles. The molecule has 0 radical (unpaired) electrons. The molecule has 88 valence electrons. The Labute approximate surface area is 98.8 Å². The Kier molecular flexibility index (Phi) is 3.49. The molecule has 1 aromatic carbocycles. The van der Waals surface area contributed by atoms with Crippen LogP contribution in [0.25, 0.3) is 0 Å². The summed E-state index contributed by atoms with van der Waals surface area (Å²) in [6.07, 6.45) is 1.38. The van der Waals surface area contributed by atoms with Gasteiger partial charge in [-0.15, -0.1) is 0 Å². The van der Waals surface area contributed by atoms with Crippen molar-refractivity contribution in [2.24, 2.45) is 0 Å². The molecule has 2 rings (SSSR count). The summed E-state index contributed by atoms with van der Waals surface area (Å²) in [5.41, 5.74) is 0.836. The van der Waals surface area contributed by atoms with Crippen molar-refractivity contribution in [3.63, 3.8) is 0 Å². The number of ether oxygens (including phenoxy) is 1. The normalized spacial score (nSPS) is 12.1. The molecule has 0 saturated heterocycles. The number of aromatic amines is 1. The molecule has 0 spiro atoms. The predicted molar refractivity (Wildman–Crippen MR) is 61.3 cm³/mol. The number of nitrogens with one attached hydrogen (secondary N) is 1. The number of esters is 1. The topological polar surface area (TPSA) is 67.9 Å². The van der Waals surface area contributed by atoms with Crippen LogP contribution in [-0.4, -0.2) is 27.8 Å². The van der Waals surface area contributed by atoms with E-state index in [1.54, 1.807) is 6.92 Å². The first-order chi connectivity index (χ1) is 8.33. The van der Waals surface area contributed by atoms with Crippen molar-refractivity contribution in [2.45, 2.75) is 12.8 Å². The molecule has 5 heteroatoms. The van der Waals surface area contributed by atoms with E-state index in [2.05, 4.69) is 15.2 Å². The highest BCUT2D eigenvalue weighted by molar-refractivity contribution is 5.81. The van der Waals surface area contributed by atoms with Crippen LogP contribution in [-0.2, 0) is 9.53 Å². The summed E-state index contributed by atoms with van der Waals surface area (Å²) in [7, 11) is 0. The molecule has 1 aromatic heterocycles. The van der Waals surface area contributed by atoms with Crippen LogP contribution in [0.1, 0.15) is 24.2 Å². The number of hydrogen-bond donors (Lipinski definition) is 1. The van der Waals surface area contributed by atoms with Crippen LogP contribution in [0.15, 0.2) is 36.7 Å². The van der Waals surface area contributed by atoms with E-state index in [4.69, 9.17) is 4.74 Å². The van der Waals surface area contributed by atoms with Crippen molar-refractivity contribution in [1.82, 2.24) is 15.2 Å². The molecule has 17 heavy (non-hydrogen) atoms. The minimum Gasteiger partial charge on any atom is -0.465 e. The first-order valence-electron chi connectivity index (χ1n) is 5.39. The second-order valence-corrected chi connectivity index (χ2v) is 3.47. The lowest BCUT2D eigenvalue weighted by molar-refractivity contribution is -0.144. The van der Waals surface area contributed by atoms with Crippen LogP contribution in [0.4, 0.5) is 0 Å². The van der Waals surface area contributed by atoms with Crippen LogP contribution < -0.4 is 0 Å². The van der Waals surface area contributed by atoms with Crippen LogP contribution in [0.5, 0.6) is 0 Å². The zero-order valence-corrected chi connectivity index (χ0v) is 9.46. The predicted octanol–water partition coefficient (Wildman–Crippen LogP) is 1.50. The smallest absolute Gasteiger partial charge is 0.321 e. The second kappa shape index (κ2) is 5.25. The largest absolute Gasteiger partial charge is 0.465 e. The summed E-state index contributed by atoms with van der Waals surface area (Å²) in [6, 6.07) is 9.37. The van der Waals surface area contributed by atoms with Crippen molar-refractivity contribution in [1.29, 1.82) is 0 Å². The molecule has 0 amide bonds. The van der Waals surface area contributed by atoms with E-state index < -0.39 is 5.92 Å². The summed E-state index contributed by atoms with van der Waals surface area (Å²) in [5.74, 6) is -0.372. The van der Waals surface area contributed by atoms with Gasteiger partial charge < -0.3 is 4.74 Å². The molecule has 0 saturated carbocycles. The average Bonchev–Trinajstić information content (AvgIpc) is 2.85. The fourth-order valence-corrected chi connectivity index (χ4v) is 1.63. The molecule has 1 N–H and O–H groups in total. The number of hydrogen-bond acceptors (Lipinski definition) is 4. The lowest BCUT2D eigenvalue weighted by Crippen LogP contribution is -2.18. The summed E-state index contributed by atoms with van der Waals surface area (Å²) in [6.45, 7) is 2.12. The van der Waals surface area contributed by atoms with Gasteiger partial charge in [-0.3, -0.25) is 9.89 Å². The lowest BCUT2D eigenvalue weighted by Gasteiger charge is -2.12. The van der Waals surface area contributed by atoms with Gasteiger partial charge in [-0.25, -0.2) is 4.98 Å². The Morgan fingerprint density at radius 2 is 2.18 bits per heavy atom. The van der Waals surface area contributed by atoms with Crippen molar-refractivity contribution < 1.29 is 9.53 Å². The Hall–Kier alpha value is -2.17. The van der Waals surface area contributed by atoms with Gasteiger partial charge in [-0.1, -0.05) is 30.3 Å². The fourth-order valence-electron chi connectivity index (χ4n) is 1.63. The van der Waals surface area contributed by atoms with E-state index >= 15 is 0 Å². The van der Waals surface area contributed by atoms with Gasteiger partial charge in [0.1, 0.15) is 18.1 Å². The molecule has 5 nitrogen and oxygen atoms in total. The van der Waals surface area contributed by atoms with E-state index in [1.807, 2.05) is 30.3 Å². The van der Waals surface area contributed by atoms with E-state index in [-0.39, 0.29) is 5.97 Å². The molecule has 0 aliphatic rings. The van der Waals surface area contributed by atoms with Gasteiger partial charge in [0.05, 0.1) is 6.61 Å². The van der Waals surface area contributed by atoms with E-state index in [1.165, 1.54) is 6.33 Å². The number of carbonyl (C=O) groups excluding carboxylic acids is 1. The van der Waals surface area contributed by atoms with Gasteiger partial charge in [0.25, 0.3) is 0 Å². The monoisotopic (exact) mass is 231 g/mol. The number of H-pyrrole nitrogens is 1. The van der Waals surface area contributed by atoms with Gasteiger partial charge in [-0.05, 0) is 12.5 Å². The average molecular weight is 231 g/mol. The molecule has 1 atom stereocenters. The molecule has 0 aliphatic heterocycles. The summed E-state index contributed by atoms with van der Waals surface area (Å²) in [4.78, 5) is 16.0. The van der Waals surface area contributed by atoms with Crippen LogP contribution in [0.3, 0.4) is 0 Å². The quantitative estimate of drug-likeness (QED) is 0.810. The lowest BCUT2D eigenvalue weighted by atomic mass is 9.99. The first-order valence-corrected chi connectivity index (χ1v) is 5.39. The van der Waals surface area contributed by atoms with Crippen LogP contribution >= 0.6 is 0 Å². The molecule has 2 aromatic rings. The van der Waals surface area contributed by atoms with Crippen molar-refractivity contribution >= 4 is 5.97 Å². The SMILES string of the molecule is CCOC(=O)C(c1ccccc1)c1ncn[nH]1. The maximum absolute atomic E-state index is 11.9. The third-order valence-electron chi connectivity index (χ3n) is 2.36. The summed E-state index contributed by atoms with van der Waals surface area (Å²) >= 11 is 0. The van der Waals surface area contributed by atoms with Crippen molar-refractivity contribution in [3.05, 3.63) is 48.0 Å². The Balaban J connectivity index is 2.35. The highest BCUT2D eigenvalue weighted by Crippen LogP contribution is 2.22. The number of nitrogens with zero attached hydrogens (tertiary/aromatic N) is 2. The highest BCUT2D eigenvalue weighted by Gasteiger charge is 2.26. The molecule has 0 fully saturated rings. The number of aromatic nitrogens is 3. The Bertz CT molecular complexity index is 468. The minimum absolute atomic E-state index is 0.324. The van der Waals surface area contributed by atoms with E-state index in [0.29, 0.717) is 12.4 Å². The minimum atomic E-state index is -0.543. The molecule has 1 heterocycles. The maximum Gasteiger partial charge on any atom is 0.321 e. The van der Waals surface area contributed by atoms with Gasteiger partial charge in [0.2, 0.25) is 0 Å². The third kappa shape index (κ3) is 2.50. The van der Waals surface area contributed by atoms with Crippen molar-refractivity contribution in [3.8, 4) is 0 Å². The zero-order chi connectivity index (χ0) is 12.1. The Morgan fingerprint density at radius 1 is 1.41 bits per heavy atom.